The molecule has 3 heterocycles. The molecular formula is C25H31ClN6O. The van der Waals surface area contributed by atoms with Crippen LogP contribution >= 0.6 is 11.6 Å². The number of carbonyl (C=O) groups excluding carboxylic acids is 1. The Hall–Kier alpha value is -2.41. The van der Waals surface area contributed by atoms with Gasteiger partial charge in [-0.25, -0.2) is 9.38 Å². The van der Waals surface area contributed by atoms with Gasteiger partial charge in [-0.2, -0.15) is 0 Å². The number of hydrogen-bond acceptors (Lipinski definition) is 5. The molecule has 0 spiro atoms. The van der Waals surface area contributed by atoms with Crippen molar-refractivity contribution in [3.63, 3.8) is 0 Å². The van der Waals surface area contributed by atoms with Gasteiger partial charge in [-0.3, -0.25) is 4.79 Å². The zero-order valence-electron chi connectivity index (χ0n) is 19.2. The van der Waals surface area contributed by atoms with Crippen LogP contribution in [0.3, 0.4) is 0 Å². The lowest BCUT2D eigenvalue weighted by Gasteiger charge is -2.43. The number of amides is 1. The lowest BCUT2D eigenvalue weighted by molar-refractivity contribution is -0.140. The van der Waals surface area contributed by atoms with E-state index < -0.39 is 0 Å². The van der Waals surface area contributed by atoms with E-state index in [9.17, 15) is 4.79 Å². The quantitative estimate of drug-likeness (QED) is 0.553. The normalized spacial score (nSPS) is 22.8. The second kappa shape index (κ2) is 8.42. The molecule has 174 valence electrons. The predicted octanol–water partition coefficient (Wildman–Crippen LogP) is 4.82. The molecule has 3 aliphatic rings. The summed E-state index contributed by atoms with van der Waals surface area (Å²) in [6, 6.07) is 5.96. The summed E-state index contributed by atoms with van der Waals surface area (Å²) in [4.78, 5) is 22.4. The molecule has 1 amide bonds. The topological polar surface area (TPSA) is 66.6 Å². The average Bonchev–Trinajstić information content (AvgIpc) is 3.23. The van der Waals surface area contributed by atoms with Crippen molar-refractivity contribution in [1.82, 2.24) is 24.5 Å². The van der Waals surface area contributed by atoms with E-state index >= 15 is 0 Å². The van der Waals surface area contributed by atoms with Crippen LogP contribution in [-0.2, 0) is 4.79 Å². The van der Waals surface area contributed by atoms with Gasteiger partial charge in [0.25, 0.3) is 0 Å². The molecule has 3 fully saturated rings. The highest BCUT2D eigenvalue weighted by Crippen LogP contribution is 2.36. The van der Waals surface area contributed by atoms with Crippen LogP contribution in [0.5, 0.6) is 0 Å². The number of aromatic nitrogens is 4. The molecule has 0 bridgehead atoms. The van der Waals surface area contributed by atoms with Crippen molar-refractivity contribution >= 4 is 40.0 Å². The third kappa shape index (κ3) is 3.65. The molecule has 8 heteroatoms. The number of halogens is 1. The third-order valence-corrected chi connectivity index (χ3v) is 8.16. The summed E-state index contributed by atoms with van der Waals surface area (Å²) < 4.78 is 2.20. The van der Waals surface area contributed by atoms with Crippen LogP contribution in [0, 0.1) is 5.92 Å². The van der Waals surface area contributed by atoms with Gasteiger partial charge in [0.1, 0.15) is 5.82 Å². The van der Waals surface area contributed by atoms with E-state index in [4.69, 9.17) is 21.7 Å². The summed E-state index contributed by atoms with van der Waals surface area (Å²) in [5.41, 5.74) is 1.70. The molecule has 2 saturated carbocycles. The molecule has 2 aliphatic carbocycles. The van der Waals surface area contributed by atoms with Crippen LogP contribution in [0.15, 0.2) is 18.2 Å². The summed E-state index contributed by atoms with van der Waals surface area (Å²) in [6.07, 6.45) is 9.36. The van der Waals surface area contributed by atoms with E-state index in [-0.39, 0.29) is 12.0 Å². The standard InChI is InChI=1S/C25H31ClN6O/c1-16-15-30(12-13-31(16)24(33)18-8-5-9-18)25-27-21-14-19(26)10-11-20(21)23-29-28-22(32(23)25)17-6-3-2-4-7-17/h10-11,14,16-18H,2-9,12-13,15H2,1H3/t16-/m0/s1. The molecule has 6 rings (SSSR count). The molecule has 3 aromatic rings. The van der Waals surface area contributed by atoms with Crippen LogP contribution in [0.25, 0.3) is 16.6 Å². The highest BCUT2D eigenvalue weighted by Gasteiger charge is 2.36. The Balaban J connectivity index is 1.41. The van der Waals surface area contributed by atoms with E-state index in [0.29, 0.717) is 16.8 Å². The fraction of sp³-hybridized carbons (Fsp3) is 0.600. The molecule has 7 nitrogen and oxygen atoms in total. The minimum absolute atomic E-state index is 0.147. The Bertz CT molecular complexity index is 1200. The van der Waals surface area contributed by atoms with Gasteiger partial charge in [-0.05, 0) is 50.8 Å². The van der Waals surface area contributed by atoms with Crippen molar-refractivity contribution < 1.29 is 4.79 Å². The number of carbonyl (C=O) groups is 1. The van der Waals surface area contributed by atoms with Gasteiger partial charge >= 0.3 is 0 Å². The minimum Gasteiger partial charge on any atom is -0.338 e. The van der Waals surface area contributed by atoms with Crippen LogP contribution < -0.4 is 4.90 Å². The molecule has 33 heavy (non-hydrogen) atoms. The zero-order valence-corrected chi connectivity index (χ0v) is 20.0. The number of benzene rings is 1. The van der Waals surface area contributed by atoms with E-state index in [1.807, 2.05) is 18.2 Å². The molecule has 0 unspecified atom stereocenters. The van der Waals surface area contributed by atoms with Crippen molar-refractivity contribution in [3.8, 4) is 0 Å². The van der Waals surface area contributed by atoms with Crippen LogP contribution in [-0.4, -0.2) is 56.1 Å². The zero-order chi connectivity index (χ0) is 22.5. The first kappa shape index (κ1) is 21.1. The lowest BCUT2D eigenvalue weighted by Crippen LogP contribution is -2.56. The smallest absolute Gasteiger partial charge is 0.226 e. The fourth-order valence-electron chi connectivity index (χ4n) is 5.81. The number of rotatable bonds is 3. The second-order valence-corrected chi connectivity index (χ2v) is 10.5. The molecule has 1 atom stereocenters. The number of nitrogens with zero attached hydrogens (tertiary/aromatic N) is 6. The minimum atomic E-state index is 0.147. The summed E-state index contributed by atoms with van der Waals surface area (Å²) >= 11 is 6.32. The van der Waals surface area contributed by atoms with Gasteiger partial charge in [0.05, 0.1) is 5.52 Å². The molecule has 1 aromatic carbocycles. The summed E-state index contributed by atoms with van der Waals surface area (Å²) in [5, 5.41) is 11.0. The molecule has 1 saturated heterocycles. The molecule has 1 aliphatic heterocycles. The largest absolute Gasteiger partial charge is 0.338 e. The number of anilines is 1. The fourth-order valence-corrected chi connectivity index (χ4v) is 5.97. The van der Waals surface area contributed by atoms with Crippen molar-refractivity contribution in [2.24, 2.45) is 5.92 Å². The number of piperazine rings is 1. The van der Waals surface area contributed by atoms with Gasteiger partial charge < -0.3 is 9.80 Å². The van der Waals surface area contributed by atoms with Crippen molar-refractivity contribution in [2.45, 2.75) is 70.3 Å². The van der Waals surface area contributed by atoms with Gasteiger partial charge in [0.2, 0.25) is 11.9 Å². The van der Waals surface area contributed by atoms with E-state index in [1.165, 1.54) is 25.7 Å². The highest BCUT2D eigenvalue weighted by molar-refractivity contribution is 6.31. The molecule has 0 radical (unpaired) electrons. The van der Waals surface area contributed by atoms with Crippen LogP contribution in [0.4, 0.5) is 5.95 Å². The average molecular weight is 467 g/mol. The molecular weight excluding hydrogens is 436 g/mol. The summed E-state index contributed by atoms with van der Waals surface area (Å²) in [5.74, 6) is 2.90. The van der Waals surface area contributed by atoms with Crippen LogP contribution in [0.1, 0.15) is 70.0 Å². The Morgan fingerprint density at radius 2 is 1.85 bits per heavy atom. The Morgan fingerprint density at radius 3 is 2.58 bits per heavy atom. The molecule has 2 aromatic heterocycles. The van der Waals surface area contributed by atoms with Gasteiger partial charge in [-0.1, -0.05) is 37.3 Å². The SMILES string of the molecule is C[C@H]1CN(c2nc3cc(Cl)ccc3c3nnc(C4CCCCC4)n23)CCN1C(=O)C1CCC1. The van der Waals surface area contributed by atoms with Crippen LogP contribution in [0.2, 0.25) is 5.02 Å². The van der Waals surface area contributed by atoms with E-state index in [1.54, 1.807) is 0 Å². The van der Waals surface area contributed by atoms with Crippen molar-refractivity contribution in [2.75, 3.05) is 24.5 Å². The summed E-state index contributed by atoms with van der Waals surface area (Å²) in [6.45, 7) is 4.41. The van der Waals surface area contributed by atoms with Crippen molar-refractivity contribution in [3.05, 3.63) is 29.0 Å². The number of hydrogen-bond donors (Lipinski definition) is 0. The monoisotopic (exact) mass is 466 g/mol. The van der Waals surface area contributed by atoms with Gasteiger partial charge in [0, 0.05) is 47.9 Å². The maximum Gasteiger partial charge on any atom is 0.226 e. The Labute approximate surface area is 199 Å². The first-order chi connectivity index (χ1) is 16.1. The highest BCUT2D eigenvalue weighted by atomic mass is 35.5. The van der Waals surface area contributed by atoms with Crippen molar-refractivity contribution in [1.29, 1.82) is 0 Å². The second-order valence-electron chi connectivity index (χ2n) is 10.1. The summed E-state index contributed by atoms with van der Waals surface area (Å²) in [7, 11) is 0. The maximum atomic E-state index is 12.9. The lowest BCUT2D eigenvalue weighted by atomic mass is 9.84. The Kier molecular flexibility index (Phi) is 5.40. The first-order valence-electron chi connectivity index (χ1n) is 12.5. The van der Waals surface area contributed by atoms with Gasteiger partial charge in [0.15, 0.2) is 5.65 Å². The third-order valence-electron chi connectivity index (χ3n) is 7.93. The first-order valence-corrected chi connectivity index (χ1v) is 12.9. The Morgan fingerprint density at radius 1 is 1.03 bits per heavy atom. The van der Waals surface area contributed by atoms with Gasteiger partial charge in [-0.15, -0.1) is 10.2 Å². The number of fused-ring (bicyclic) bond motifs is 3. The predicted molar refractivity (Wildman–Crippen MR) is 130 cm³/mol. The maximum absolute atomic E-state index is 12.9. The van der Waals surface area contributed by atoms with E-state index in [2.05, 4.69) is 26.2 Å². The molecule has 0 N–H and O–H groups in total. The van der Waals surface area contributed by atoms with E-state index in [0.717, 1.165) is 73.6 Å².